The summed E-state index contributed by atoms with van der Waals surface area (Å²) in [5, 5.41) is 8.15. The van der Waals surface area contributed by atoms with Gasteiger partial charge in [0, 0.05) is 6.42 Å². The van der Waals surface area contributed by atoms with Gasteiger partial charge >= 0.3 is 5.69 Å². The van der Waals surface area contributed by atoms with Crippen molar-refractivity contribution in [3.05, 3.63) is 10.5 Å². The summed E-state index contributed by atoms with van der Waals surface area (Å²) in [6, 6.07) is 0. The summed E-state index contributed by atoms with van der Waals surface area (Å²) in [5.41, 5.74) is -0.425. The predicted molar refractivity (Wildman–Crippen MR) is 47.4 cm³/mol. The van der Waals surface area contributed by atoms with Gasteiger partial charge in [-0.05, 0) is 6.42 Å². The minimum absolute atomic E-state index is 0.135. The first-order valence-electron chi connectivity index (χ1n) is 4.17. The number of hydrogen-bond donors (Lipinski definition) is 3. The highest BCUT2D eigenvalue weighted by atomic mass is 16.2. The molecule has 1 aromatic heterocycles. The predicted octanol–water partition coefficient (Wildman–Crippen LogP) is 0.227. The molecule has 0 spiro atoms. The second-order valence-corrected chi connectivity index (χ2v) is 2.68. The highest BCUT2D eigenvalue weighted by Crippen LogP contribution is 1.97. The van der Waals surface area contributed by atoms with Gasteiger partial charge in [0.15, 0.2) is 0 Å². The number of rotatable bonds is 4. The number of hydrogen-bond acceptors (Lipinski definition) is 3. The van der Waals surface area contributed by atoms with Gasteiger partial charge in [-0.2, -0.15) is 0 Å². The van der Waals surface area contributed by atoms with Crippen molar-refractivity contribution in [1.29, 1.82) is 0 Å². The quantitative estimate of drug-likeness (QED) is 0.625. The maximum Gasteiger partial charge on any atom is 0.342 e. The molecule has 0 aliphatic rings. The van der Waals surface area contributed by atoms with Crippen LogP contribution in [0.3, 0.4) is 0 Å². The minimum atomic E-state index is -0.425. The lowest BCUT2D eigenvalue weighted by Gasteiger charge is -1.98. The third-order valence-corrected chi connectivity index (χ3v) is 1.52. The summed E-state index contributed by atoms with van der Waals surface area (Å²) in [6.45, 7) is 2.00. The molecule has 1 heterocycles. The Labute approximate surface area is 74.7 Å². The van der Waals surface area contributed by atoms with Crippen molar-refractivity contribution in [1.82, 2.24) is 15.2 Å². The summed E-state index contributed by atoms with van der Waals surface area (Å²) in [6.07, 6.45) is 2.25. The SMILES string of the molecule is CCCCC(=O)Nc1n[nH]c(=O)[nH]1. The molecule has 0 aromatic carbocycles. The number of amides is 1. The van der Waals surface area contributed by atoms with E-state index >= 15 is 0 Å². The van der Waals surface area contributed by atoms with E-state index in [0.717, 1.165) is 12.8 Å². The van der Waals surface area contributed by atoms with Gasteiger partial charge in [-0.1, -0.05) is 13.3 Å². The van der Waals surface area contributed by atoms with Gasteiger partial charge in [-0.25, -0.2) is 9.89 Å². The molecular formula is C7H12N4O2. The molecule has 1 rings (SSSR count). The molecule has 1 aromatic rings. The molecule has 0 fully saturated rings. The fourth-order valence-corrected chi connectivity index (χ4v) is 0.861. The van der Waals surface area contributed by atoms with Gasteiger partial charge in [0.2, 0.25) is 11.9 Å². The Kier molecular flexibility index (Phi) is 3.24. The lowest BCUT2D eigenvalue weighted by Crippen LogP contribution is -2.12. The average molecular weight is 184 g/mol. The largest absolute Gasteiger partial charge is 0.342 e. The van der Waals surface area contributed by atoms with Crippen molar-refractivity contribution in [2.24, 2.45) is 0 Å². The summed E-state index contributed by atoms with van der Waals surface area (Å²) < 4.78 is 0. The Hall–Kier alpha value is -1.59. The van der Waals surface area contributed by atoms with E-state index in [-0.39, 0.29) is 11.9 Å². The van der Waals surface area contributed by atoms with Crippen LogP contribution in [0, 0.1) is 0 Å². The molecule has 0 aliphatic heterocycles. The van der Waals surface area contributed by atoms with Crippen LogP contribution in [-0.2, 0) is 4.79 Å². The van der Waals surface area contributed by atoms with Gasteiger partial charge in [-0.3, -0.25) is 15.1 Å². The molecule has 72 valence electrons. The van der Waals surface area contributed by atoms with Crippen LogP contribution in [0.4, 0.5) is 5.95 Å². The summed E-state index contributed by atoms with van der Waals surface area (Å²) in [5.74, 6) is 0.0377. The number of H-pyrrole nitrogens is 2. The molecule has 0 aliphatic carbocycles. The Balaban J connectivity index is 2.41. The summed E-state index contributed by atoms with van der Waals surface area (Å²) in [7, 11) is 0. The van der Waals surface area contributed by atoms with Gasteiger partial charge in [0.25, 0.3) is 0 Å². The standard InChI is InChI=1S/C7H12N4O2/c1-2-3-4-5(12)8-6-9-7(13)11-10-6/h2-4H2,1H3,(H3,8,9,10,11,12,13). The number of carbonyl (C=O) groups is 1. The Morgan fingerprint density at radius 3 is 2.92 bits per heavy atom. The summed E-state index contributed by atoms with van der Waals surface area (Å²) in [4.78, 5) is 24.0. The number of aromatic amines is 2. The second kappa shape index (κ2) is 4.44. The number of aromatic nitrogens is 3. The van der Waals surface area contributed by atoms with Crippen molar-refractivity contribution in [3.8, 4) is 0 Å². The molecule has 0 atom stereocenters. The monoisotopic (exact) mass is 184 g/mol. The van der Waals surface area contributed by atoms with Crippen molar-refractivity contribution >= 4 is 11.9 Å². The molecule has 0 unspecified atom stereocenters. The van der Waals surface area contributed by atoms with Gasteiger partial charge < -0.3 is 0 Å². The Bertz CT molecular complexity index is 327. The number of nitrogens with zero attached hydrogens (tertiary/aromatic N) is 1. The molecule has 1 amide bonds. The fourth-order valence-electron chi connectivity index (χ4n) is 0.861. The van der Waals surface area contributed by atoms with E-state index in [1.807, 2.05) is 6.92 Å². The van der Waals surface area contributed by atoms with Crippen LogP contribution in [0.15, 0.2) is 4.79 Å². The van der Waals surface area contributed by atoms with Crippen LogP contribution < -0.4 is 11.0 Å². The molecule has 6 heteroatoms. The van der Waals surface area contributed by atoms with Crippen molar-refractivity contribution in [2.75, 3.05) is 5.32 Å². The number of anilines is 1. The maximum atomic E-state index is 11.1. The van der Waals surface area contributed by atoms with E-state index in [9.17, 15) is 9.59 Å². The molecule has 0 saturated heterocycles. The van der Waals surface area contributed by atoms with Crippen LogP contribution in [-0.4, -0.2) is 21.1 Å². The van der Waals surface area contributed by atoms with E-state index < -0.39 is 5.69 Å². The van der Waals surface area contributed by atoms with E-state index in [1.54, 1.807) is 0 Å². The summed E-state index contributed by atoms with van der Waals surface area (Å²) >= 11 is 0. The Morgan fingerprint density at radius 1 is 1.62 bits per heavy atom. The third kappa shape index (κ3) is 3.10. The average Bonchev–Trinajstić information content (AvgIpc) is 2.48. The molecular weight excluding hydrogens is 172 g/mol. The third-order valence-electron chi connectivity index (χ3n) is 1.52. The van der Waals surface area contributed by atoms with E-state index in [0.29, 0.717) is 6.42 Å². The van der Waals surface area contributed by atoms with Crippen molar-refractivity contribution < 1.29 is 4.79 Å². The molecule has 6 nitrogen and oxygen atoms in total. The molecule has 13 heavy (non-hydrogen) atoms. The van der Waals surface area contributed by atoms with Crippen molar-refractivity contribution in [2.45, 2.75) is 26.2 Å². The Morgan fingerprint density at radius 2 is 2.38 bits per heavy atom. The van der Waals surface area contributed by atoms with Crippen molar-refractivity contribution in [3.63, 3.8) is 0 Å². The smallest absolute Gasteiger partial charge is 0.295 e. The van der Waals surface area contributed by atoms with Crippen LogP contribution >= 0.6 is 0 Å². The van der Waals surface area contributed by atoms with Crippen LogP contribution in [0.1, 0.15) is 26.2 Å². The maximum absolute atomic E-state index is 11.1. The van der Waals surface area contributed by atoms with Crippen LogP contribution in [0.5, 0.6) is 0 Å². The van der Waals surface area contributed by atoms with E-state index in [1.165, 1.54) is 0 Å². The highest BCUT2D eigenvalue weighted by molar-refractivity contribution is 5.88. The first-order chi connectivity index (χ1) is 6.22. The van der Waals surface area contributed by atoms with Gasteiger partial charge in [-0.15, -0.1) is 5.10 Å². The number of carbonyl (C=O) groups excluding carboxylic acids is 1. The molecule has 0 radical (unpaired) electrons. The highest BCUT2D eigenvalue weighted by Gasteiger charge is 2.03. The topological polar surface area (TPSA) is 90.6 Å². The van der Waals surface area contributed by atoms with Gasteiger partial charge in [0.1, 0.15) is 0 Å². The molecule has 0 saturated carbocycles. The first-order valence-corrected chi connectivity index (χ1v) is 4.17. The molecule has 3 N–H and O–H groups in total. The normalized spacial score (nSPS) is 9.92. The fraction of sp³-hybridized carbons (Fsp3) is 0.571. The number of nitrogens with one attached hydrogen (secondary N) is 3. The van der Waals surface area contributed by atoms with Crippen LogP contribution in [0.2, 0.25) is 0 Å². The lowest BCUT2D eigenvalue weighted by atomic mass is 10.2. The van der Waals surface area contributed by atoms with E-state index in [2.05, 4.69) is 20.5 Å². The van der Waals surface area contributed by atoms with E-state index in [4.69, 9.17) is 0 Å². The zero-order valence-corrected chi connectivity index (χ0v) is 7.39. The molecule has 0 bridgehead atoms. The number of unbranched alkanes of at least 4 members (excludes halogenated alkanes) is 1. The lowest BCUT2D eigenvalue weighted by molar-refractivity contribution is -0.116. The van der Waals surface area contributed by atoms with Crippen LogP contribution in [0.25, 0.3) is 0 Å². The zero-order chi connectivity index (χ0) is 9.68. The first kappa shape index (κ1) is 9.50. The second-order valence-electron chi connectivity index (χ2n) is 2.68. The van der Waals surface area contributed by atoms with Gasteiger partial charge in [0.05, 0.1) is 0 Å². The minimum Gasteiger partial charge on any atom is -0.295 e. The zero-order valence-electron chi connectivity index (χ0n) is 7.39.